The van der Waals surface area contributed by atoms with E-state index >= 15 is 0 Å². The first kappa shape index (κ1) is 15.2. The summed E-state index contributed by atoms with van der Waals surface area (Å²) in [4.78, 5) is 11.9. The van der Waals surface area contributed by atoms with E-state index in [-0.39, 0.29) is 11.3 Å². The second kappa shape index (κ2) is 5.33. The van der Waals surface area contributed by atoms with Crippen LogP contribution in [-0.4, -0.2) is 5.78 Å². The minimum Gasteiger partial charge on any atom is -0.295 e. The average molecular weight is 309 g/mol. The van der Waals surface area contributed by atoms with Crippen LogP contribution in [0.5, 0.6) is 0 Å². The van der Waals surface area contributed by atoms with E-state index in [1.165, 1.54) is 24.8 Å². The van der Waals surface area contributed by atoms with E-state index in [9.17, 15) is 10.1 Å². The summed E-state index contributed by atoms with van der Waals surface area (Å²) in [5.41, 5.74) is 1.62. The van der Waals surface area contributed by atoms with Crippen LogP contribution in [0.25, 0.3) is 0 Å². The Morgan fingerprint density at radius 3 is 2.91 bits per heavy atom. The molecule has 0 aromatic heterocycles. The van der Waals surface area contributed by atoms with Crippen molar-refractivity contribution in [3.8, 4) is 6.07 Å². The lowest BCUT2D eigenvalue weighted by molar-refractivity contribution is -0.116. The lowest BCUT2D eigenvalue weighted by Gasteiger charge is -2.55. The van der Waals surface area contributed by atoms with Gasteiger partial charge in [-0.05, 0) is 79.6 Å². The number of nitriles is 1. The monoisotopic (exact) mass is 309 g/mol. The molecule has 23 heavy (non-hydrogen) atoms. The Hall–Kier alpha value is -1.36. The lowest BCUT2D eigenvalue weighted by Crippen LogP contribution is -2.49. The van der Waals surface area contributed by atoms with Crippen molar-refractivity contribution < 1.29 is 4.79 Å². The molecule has 3 saturated carbocycles. The van der Waals surface area contributed by atoms with E-state index in [0.29, 0.717) is 35.4 Å². The van der Waals surface area contributed by atoms with Crippen molar-refractivity contribution in [1.29, 1.82) is 5.26 Å². The van der Waals surface area contributed by atoms with E-state index in [1.807, 2.05) is 6.08 Å². The fourth-order valence-corrected chi connectivity index (χ4v) is 6.74. The van der Waals surface area contributed by atoms with Gasteiger partial charge in [-0.25, -0.2) is 0 Å². The second-order valence-electron chi connectivity index (χ2n) is 8.59. The first-order chi connectivity index (χ1) is 11.1. The number of allylic oxidation sites excluding steroid dienone is 2. The van der Waals surface area contributed by atoms with Crippen molar-refractivity contribution in [2.45, 2.75) is 51.9 Å². The van der Waals surface area contributed by atoms with Crippen molar-refractivity contribution in [1.82, 2.24) is 0 Å². The van der Waals surface area contributed by atoms with Gasteiger partial charge in [0.25, 0.3) is 0 Å². The van der Waals surface area contributed by atoms with Crippen LogP contribution in [0.3, 0.4) is 0 Å². The van der Waals surface area contributed by atoms with Crippen LogP contribution in [0, 0.1) is 52.3 Å². The van der Waals surface area contributed by atoms with Gasteiger partial charge < -0.3 is 0 Å². The summed E-state index contributed by atoms with van der Waals surface area (Å²) in [6, 6.07) is 2.61. The zero-order valence-corrected chi connectivity index (χ0v) is 14.1. The normalized spacial score (nSPS) is 48.5. The van der Waals surface area contributed by atoms with Crippen LogP contribution in [-0.2, 0) is 4.79 Å². The highest BCUT2D eigenvalue weighted by atomic mass is 16.1. The Labute approximate surface area is 139 Å². The topological polar surface area (TPSA) is 40.9 Å². The number of ketones is 1. The number of carbonyl (C=O) groups excluding carboxylic acids is 1. The summed E-state index contributed by atoms with van der Waals surface area (Å²) < 4.78 is 0. The van der Waals surface area contributed by atoms with Gasteiger partial charge in [-0.3, -0.25) is 4.79 Å². The summed E-state index contributed by atoms with van der Waals surface area (Å²) in [6.07, 6.45) is 11.7. The Morgan fingerprint density at radius 2 is 2.17 bits per heavy atom. The van der Waals surface area contributed by atoms with E-state index in [0.717, 1.165) is 25.7 Å². The highest BCUT2D eigenvalue weighted by Crippen LogP contribution is 2.64. The fraction of sp³-hybridized carbons (Fsp3) is 0.714. The van der Waals surface area contributed by atoms with Crippen LogP contribution in [0.2, 0.25) is 0 Å². The molecule has 3 fully saturated rings. The van der Waals surface area contributed by atoms with Gasteiger partial charge in [-0.15, -0.1) is 6.58 Å². The van der Waals surface area contributed by atoms with Crippen LogP contribution in [0.1, 0.15) is 51.9 Å². The summed E-state index contributed by atoms with van der Waals surface area (Å²) in [5.74, 6) is 3.75. The lowest BCUT2D eigenvalue weighted by atomic mass is 9.49. The smallest absolute Gasteiger partial charge is 0.155 e. The molecule has 0 saturated heterocycles. The average Bonchev–Trinajstić information content (AvgIpc) is 2.89. The number of rotatable bonds is 1. The Morgan fingerprint density at radius 1 is 1.35 bits per heavy atom. The van der Waals surface area contributed by atoms with Gasteiger partial charge >= 0.3 is 0 Å². The minimum absolute atomic E-state index is 0.211. The Balaban J connectivity index is 1.71. The molecule has 2 heteroatoms. The largest absolute Gasteiger partial charge is 0.295 e. The summed E-state index contributed by atoms with van der Waals surface area (Å²) >= 11 is 0. The van der Waals surface area contributed by atoms with Gasteiger partial charge in [0.2, 0.25) is 0 Å². The maximum absolute atomic E-state index is 11.9. The molecule has 0 amide bonds. The van der Waals surface area contributed by atoms with E-state index in [4.69, 9.17) is 0 Å². The molecule has 0 aliphatic heterocycles. The van der Waals surface area contributed by atoms with Gasteiger partial charge in [0.15, 0.2) is 5.78 Å². The highest BCUT2D eigenvalue weighted by Gasteiger charge is 2.58. The van der Waals surface area contributed by atoms with Crippen LogP contribution in [0.4, 0.5) is 0 Å². The molecular formula is C21H27NO. The molecule has 4 aliphatic rings. The van der Waals surface area contributed by atoms with Gasteiger partial charge in [0, 0.05) is 6.42 Å². The number of carbonyl (C=O) groups is 1. The number of hydrogen-bond donors (Lipinski definition) is 0. The van der Waals surface area contributed by atoms with Gasteiger partial charge in [0.05, 0.1) is 12.0 Å². The molecule has 4 aliphatic carbocycles. The van der Waals surface area contributed by atoms with Crippen molar-refractivity contribution in [3.05, 3.63) is 24.3 Å². The van der Waals surface area contributed by atoms with E-state index in [1.54, 1.807) is 0 Å². The second-order valence-corrected chi connectivity index (χ2v) is 8.59. The molecule has 0 heterocycles. The third-order valence-corrected chi connectivity index (χ3v) is 7.85. The molecule has 0 aromatic rings. The van der Waals surface area contributed by atoms with Gasteiger partial charge in [-0.2, -0.15) is 5.26 Å². The third kappa shape index (κ3) is 2.09. The molecular weight excluding hydrogens is 282 g/mol. The van der Waals surface area contributed by atoms with Crippen LogP contribution in [0.15, 0.2) is 24.3 Å². The van der Waals surface area contributed by atoms with Crippen molar-refractivity contribution in [3.63, 3.8) is 0 Å². The molecule has 122 valence electrons. The van der Waals surface area contributed by atoms with Crippen LogP contribution >= 0.6 is 0 Å². The first-order valence-corrected chi connectivity index (χ1v) is 9.34. The first-order valence-electron chi connectivity index (χ1n) is 9.34. The number of hydrogen-bond acceptors (Lipinski definition) is 2. The number of fused-ring (bicyclic) bond motifs is 5. The maximum Gasteiger partial charge on any atom is 0.155 e. The molecule has 6 unspecified atom stereocenters. The van der Waals surface area contributed by atoms with E-state index in [2.05, 4.69) is 25.6 Å². The maximum atomic E-state index is 11.9. The minimum atomic E-state index is 0.211. The summed E-state index contributed by atoms with van der Waals surface area (Å²) in [5, 5.41) is 9.59. The molecule has 7 atom stereocenters. The van der Waals surface area contributed by atoms with Gasteiger partial charge in [-0.1, -0.05) is 18.6 Å². The molecule has 0 N–H and O–H groups in total. The fourth-order valence-electron chi connectivity index (χ4n) is 6.74. The molecule has 0 aromatic carbocycles. The predicted molar refractivity (Wildman–Crippen MR) is 90.3 cm³/mol. The third-order valence-electron chi connectivity index (χ3n) is 7.85. The Kier molecular flexibility index (Phi) is 3.52. The predicted octanol–water partition coefficient (Wildman–Crippen LogP) is 4.68. The zero-order valence-electron chi connectivity index (χ0n) is 14.1. The van der Waals surface area contributed by atoms with Crippen molar-refractivity contribution in [2.24, 2.45) is 40.9 Å². The van der Waals surface area contributed by atoms with E-state index < -0.39 is 0 Å². The summed E-state index contributed by atoms with van der Waals surface area (Å²) in [6.45, 7) is 6.51. The molecule has 4 rings (SSSR count). The molecule has 2 nitrogen and oxygen atoms in total. The standard InChI is InChI=1S/C21H27NO/c1-3-13-10-14-11-16(23)5-6-17(14)18-8-9-21(2)15(12-22)4-7-19(21)20(13)18/h3,11,13,15,17-20H,1,4-10H2,2H3/t13-,15?,17?,18?,19?,20?,21?/m0/s1. The molecule has 0 spiro atoms. The SMILES string of the molecule is C=C[C@H]1CC2=CC(=O)CCC2C2CCC3(C)C(C#N)CCC3C21. The number of nitrogens with zero attached hydrogens (tertiary/aromatic N) is 1. The molecule has 0 radical (unpaired) electrons. The van der Waals surface area contributed by atoms with Crippen molar-refractivity contribution in [2.75, 3.05) is 0 Å². The highest BCUT2D eigenvalue weighted by molar-refractivity contribution is 5.91. The van der Waals surface area contributed by atoms with Crippen molar-refractivity contribution >= 4 is 5.78 Å². The Bertz CT molecular complexity index is 612. The molecule has 0 bridgehead atoms. The quantitative estimate of drug-likeness (QED) is 0.660. The summed E-state index contributed by atoms with van der Waals surface area (Å²) in [7, 11) is 0. The van der Waals surface area contributed by atoms with Gasteiger partial charge in [0.1, 0.15) is 0 Å². The zero-order chi connectivity index (χ0) is 16.2. The van der Waals surface area contributed by atoms with Crippen LogP contribution < -0.4 is 0 Å².